The SMILES string of the molecule is NC(c1ccc(S)cc1)C(F)(F)CO. The van der Waals surface area contributed by atoms with Crippen LogP contribution in [-0.4, -0.2) is 17.6 Å². The normalized spacial score (nSPS) is 14.1. The van der Waals surface area contributed by atoms with Gasteiger partial charge in [-0.05, 0) is 17.7 Å². The zero-order chi connectivity index (χ0) is 10.8. The van der Waals surface area contributed by atoms with E-state index in [1.54, 1.807) is 12.1 Å². The summed E-state index contributed by atoms with van der Waals surface area (Å²) < 4.78 is 25.9. The maximum absolute atomic E-state index is 12.9. The molecule has 0 saturated heterocycles. The van der Waals surface area contributed by atoms with Gasteiger partial charge in [-0.25, -0.2) is 8.78 Å². The lowest BCUT2D eigenvalue weighted by molar-refractivity contribution is -0.0711. The molecule has 14 heavy (non-hydrogen) atoms. The summed E-state index contributed by atoms with van der Waals surface area (Å²) in [5.41, 5.74) is 5.58. The van der Waals surface area contributed by atoms with Gasteiger partial charge in [0.15, 0.2) is 0 Å². The summed E-state index contributed by atoms with van der Waals surface area (Å²) in [5.74, 6) is -3.29. The second kappa shape index (κ2) is 4.25. The van der Waals surface area contributed by atoms with Crippen LogP contribution in [0.4, 0.5) is 8.78 Å². The van der Waals surface area contributed by atoms with Gasteiger partial charge in [0.2, 0.25) is 0 Å². The molecule has 0 amide bonds. The smallest absolute Gasteiger partial charge is 0.289 e. The molecule has 5 heteroatoms. The van der Waals surface area contributed by atoms with Gasteiger partial charge >= 0.3 is 0 Å². The Bertz CT molecular complexity index is 302. The minimum Gasteiger partial charge on any atom is -0.390 e. The van der Waals surface area contributed by atoms with E-state index in [2.05, 4.69) is 12.6 Å². The molecular formula is C9H11F2NOS. The van der Waals surface area contributed by atoms with Crippen LogP contribution in [0, 0.1) is 0 Å². The molecule has 3 N–H and O–H groups in total. The molecule has 0 aromatic heterocycles. The topological polar surface area (TPSA) is 46.2 Å². The van der Waals surface area contributed by atoms with Crippen LogP contribution in [0.25, 0.3) is 0 Å². The summed E-state index contributed by atoms with van der Waals surface area (Å²) in [4.78, 5) is 0.674. The Morgan fingerprint density at radius 1 is 1.36 bits per heavy atom. The van der Waals surface area contributed by atoms with E-state index in [4.69, 9.17) is 10.8 Å². The molecule has 78 valence electrons. The summed E-state index contributed by atoms with van der Waals surface area (Å²) in [5, 5.41) is 8.44. The molecular weight excluding hydrogens is 208 g/mol. The van der Waals surface area contributed by atoms with Crippen molar-refractivity contribution < 1.29 is 13.9 Å². The van der Waals surface area contributed by atoms with E-state index in [0.717, 1.165) is 0 Å². The van der Waals surface area contributed by atoms with Crippen LogP contribution in [0.15, 0.2) is 29.2 Å². The van der Waals surface area contributed by atoms with Crippen LogP contribution in [0.5, 0.6) is 0 Å². The number of benzene rings is 1. The number of aliphatic hydroxyl groups is 1. The van der Waals surface area contributed by atoms with Gasteiger partial charge in [0, 0.05) is 4.90 Å². The number of alkyl halides is 2. The Morgan fingerprint density at radius 2 is 1.86 bits per heavy atom. The second-order valence-electron chi connectivity index (χ2n) is 2.99. The van der Waals surface area contributed by atoms with Gasteiger partial charge in [0.1, 0.15) is 6.61 Å². The van der Waals surface area contributed by atoms with Crippen molar-refractivity contribution in [3.8, 4) is 0 Å². The van der Waals surface area contributed by atoms with Gasteiger partial charge in [-0.15, -0.1) is 12.6 Å². The van der Waals surface area contributed by atoms with Crippen LogP contribution in [-0.2, 0) is 0 Å². The molecule has 0 aliphatic rings. The number of hydrogen-bond donors (Lipinski definition) is 3. The number of nitrogens with two attached hydrogens (primary N) is 1. The zero-order valence-corrected chi connectivity index (χ0v) is 8.22. The molecule has 1 unspecified atom stereocenters. The van der Waals surface area contributed by atoms with E-state index in [1.165, 1.54) is 12.1 Å². The monoisotopic (exact) mass is 219 g/mol. The molecule has 0 fully saturated rings. The fourth-order valence-corrected chi connectivity index (χ4v) is 1.17. The summed E-state index contributed by atoms with van der Waals surface area (Å²) in [6, 6.07) is 4.60. The van der Waals surface area contributed by atoms with Gasteiger partial charge in [-0.2, -0.15) is 0 Å². The summed E-state index contributed by atoms with van der Waals surface area (Å²) >= 11 is 4.02. The van der Waals surface area contributed by atoms with Gasteiger partial charge in [-0.1, -0.05) is 12.1 Å². The first kappa shape index (κ1) is 11.4. The number of thiol groups is 1. The third-order valence-electron chi connectivity index (χ3n) is 1.92. The predicted octanol–water partition coefficient (Wildman–Crippen LogP) is 1.60. The highest BCUT2D eigenvalue weighted by atomic mass is 32.1. The standard InChI is InChI=1S/C9H11F2NOS/c10-9(11,5-13)8(12)6-1-3-7(14)4-2-6/h1-4,8,13-14H,5,12H2. The lowest BCUT2D eigenvalue weighted by atomic mass is 10.0. The number of aliphatic hydroxyl groups excluding tert-OH is 1. The number of rotatable bonds is 3. The van der Waals surface area contributed by atoms with Crippen molar-refractivity contribution in [2.45, 2.75) is 16.9 Å². The van der Waals surface area contributed by atoms with Crippen molar-refractivity contribution in [1.82, 2.24) is 0 Å². The highest BCUT2D eigenvalue weighted by Crippen LogP contribution is 2.28. The number of halogens is 2. The lowest BCUT2D eigenvalue weighted by Crippen LogP contribution is -2.36. The fourth-order valence-electron chi connectivity index (χ4n) is 1.02. The number of hydrogen-bond acceptors (Lipinski definition) is 3. The zero-order valence-electron chi connectivity index (χ0n) is 7.32. The Balaban J connectivity index is 2.89. The Hall–Kier alpha value is -0.650. The van der Waals surface area contributed by atoms with Gasteiger partial charge in [0.05, 0.1) is 6.04 Å². The van der Waals surface area contributed by atoms with Crippen molar-refractivity contribution in [3.63, 3.8) is 0 Å². The van der Waals surface area contributed by atoms with E-state index in [1.807, 2.05) is 0 Å². The van der Waals surface area contributed by atoms with Crippen molar-refractivity contribution in [3.05, 3.63) is 29.8 Å². The summed E-state index contributed by atoms with van der Waals surface area (Å²) in [6.45, 7) is -1.25. The van der Waals surface area contributed by atoms with Crippen LogP contribution >= 0.6 is 12.6 Å². The molecule has 0 bridgehead atoms. The third kappa shape index (κ3) is 2.43. The van der Waals surface area contributed by atoms with E-state index in [9.17, 15) is 8.78 Å². The lowest BCUT2D eigenvalue weighted by Gasteiger charge is -2.21. The van der Waals surface area contributed by atoms with E-state index in [-0.39, 0.29) is 5.56 Å². The molecule has 1 aromatic carbocycles. The Kier molecular flexibility index (Phi) is 3.47. The Morgan fingerprint density at radius 3 is 2.29 bits per heavy atom. The highest BCUT2D eigenvalue weighted by molar-refractivity contribution is 7.80. The Labute approximate surface area is 86.1 Å². The fraction of sp³-hybridized carbons (Fsp3) is 0.333. The average Bonchev–Trinajstić information content (AvgIpc) is 2.18. The first-order chi connectivity index (χ1) is 6.47. The van der Waals surface area contributed by atoms with Gasteiger partial charge < -0.3 is 10.8 Å². The molecule has 1 aromatic rings. The van der Waals surface area contributed by atoms with E-state index >= 15 is 0 Å². The third-order valence-corrected chi connectivity index (χ3v) is 2.22. The van der Waals surface area contributed by atoms with Crippen LogP contribution in [0.3, 0.4) is 0 Å². The first-order valence-electron chi connectivity index (χ1n) is 4.00. The second-order valence-corrected chi connectivity index (χ2v) is 3.50. The maximum atomic E-state index is 12.9. The average molecular weight is 219 g/mol. The summed E-state index contributed by atoms with van der Waals surface area (Å²) in [6.07, 6.45) is 0. The molecule has 0 saturated carbocycles. The van der Waals surface area contributed by atoms with Crippen LogP contribution in [0.1, 0.15) is 11.6 Å². The van der Waals surface area contributed by atoms with E-state index in [0.29, 0.717) is 4.90 Å². The largest absolute Gasteiger partial charge is 0.390 e. The molecule has 1 atom stereocenters. The maximum Gasteiger partial charge on any atom is 0.289 e. The summed E-state index contributed by atoms with van der Waals surface area (Å²) in [7, 11) is 0. The molecule has 0 spiro atoms. The van der Waals surface area contributed by atoms with Crippen molar-refractivity contribution in [2.24, 2.45) is 5.73 Å². The van der Waals surface area contributed by atoms with Crippen LogP contribution in [0.2, 0.25) is 0 Å². The molecule has 0 aliphatic carbocycles. The van der Waals surface area contributed by atoms with Crippen molar-refractivity contribution >= 4 is 12.6 Å². The van der Waals surface area contributed by atoms with Crippen molar-refractivity contribution in [1.29, 1.82) is 0 Å². The molecule has 0 radical (unpaired) electrons. The molecule has 0 aliphatic heterocycles. The first-order valence-corrected chi connectivity index (χ1v) is 4.45. The molecule has 1 rings (SSSR count). The highest BCUT2D eigenvalue weighted by Gasteiger charge is 2.37. The predicted molar refractivity (Wildman–Crippen MR) is 52.7 cm³/mol. The van der Waals surface area contributed by atoms with E-state index < -0.39 is 18.6 Å². The van der Waals surface area contributed by atoms with Gasteiger partial charge in [0.25, 0.3) is 5.92 Å². The van der Waals surface area contributed by atoms with Crippen LogP contribution < -0.4 is 5.73 Å². The van der Waals surface area contributed by atoms with Crippen molar-refractivity contribution in [2.75, 3.05) is 6.61 Å². The van der Waals surface area contributed by atoms with Gasteiger partial charge in [-0.3, -0.25) is 0 Å². The minimum absolute atomic E-state index is 0.279. The molecule has 0 heterocycles. The minimum atomic E-state index is -3.29. The quantitative estimate of drug-likeness (QED) is 0.676. The molecule has 2 nitrogen and oxygen atoms in total.